The topological polar surface area (TPSA) is 76.1 Å². The molecule has 0 amide bonds. The second-order valence-corrected chi connectivity index (χ2v) is 3.79. The zero-order valence-corrected chi connectivity index (χ0v) is 10.7. The number of unbranched alkanes of at least 4 members (excludes halogenated alkanes) is 1. The lowest BCUT2D eigenvalue weighted by molar-refractivity contribution is -0.139. The quantitative estimate of drug-likeness (QED) is 0.326. The maximum Gasteiger partial charge on any atom is 0.333 e. The van der Waals surface area contributed by atoms with Crippen LogP contribution in [0.1, 0.15) is 26.2 Å². The lowest BCUT2D eigenvalue weighted by Crippen LogP contribution is -2.09. The molecule has 0 spiro atoms. The minimum atomic E-state index is -0.981. The lowest BCUT2D eigenvalue weighted by atomic mass is 10.2. The predicted molar refractivity (Wildman–Crippen MR) is 67.2 cm³/mol. The standard InChI is InChI=1S/C10H16O3.C3H4O2/c1-3-4-5-12-10(11)8(2)6-9-7-13-9;1-2-3(4)5/h9H,2-7H2,1H3;2H,1H2,(H,4,5). The first-order valence-electron chi connectivity index (χ1n) is 5.83. The number of carboxylic acid groups (broad SMARTS) is 1. The van der Waals surface area contributed by atoms with Gasteiger partial charge in [0.15, 0.2) is 0 Å². The summed E-state index contributed by atoms with van der Waals surface area (Å²) in [4.78, 5) is 20.5. The molecule has 18 heavy (non-hydrogen) atoms. The molecule has 1 fully saturated rings. The van der Waals surface area contributed by atoms with Gasteiger partial charge in [-0.15, -0.1) is 0 Å². The monoisotopic (exact) mass is 256 g/mol. The molecule has 1 N–H and O–H groups in total. The van der Waals surface area contributed by atoms with Crippen molar-refractivity contribution in [3.63, 3.8) is 0 Å². The zero-order valence-electron chi connectivity index (χ0n) is 10.7. The highest BCUT2D eigenvalue weighted by atomic mass is 16.6. The second kappa shape index (κ2) is 9.41. The average molecular weight is 256 g/mol. The van der Waals surface area contributed by atoms with Crippen LogP contribution in [-0.4, -0.2) is 36.4 Å². The highest BCUT2D eigenvalue weighted by molar-refractivity contribution is 5.87. The Morgan fingerprint density at radius 2 is 2.11 bits per heavy atom. The van der Waals surface area contributed by atoms with E-state index in [1.807, 2.05) is 0 Å². The first kappa shape index (κ1) is 16.4. The molecule has 1 heterocycles. The Bertz CT molecular complexity index is 305. The minimum absolute atomic E-state index is 0.214. The van der Waals surface area contributed by atoms with E-state index in [0.717, 1.165) is 25.5 Å². The van der Waals surface area contributed by atoms with Gasteiger partial charge in [0, 0.05) is 18.1 Å². The van der Waals surface area contributed by atoms with E-state index < -0.39 is 5.97 Å². The van der Waals surface area contributed by atoms with E-state index in [1.165, 1.54) is 0 Å². The van der Waals surface area contributed by atoms with Crippen LogP contribution < -0.4 is 0 Å². The van der Waals surface area contributed by atoms with Gasteiger partial charge in [-0.25, -0.2) is 9.59 Å². The molecule has 0 aromatic heterocycles. The van der Waals surface area contributed by atoms with Crippen molar-refractivity contribution >= 4 is 11.9 Å². The SMILES string of the molecule is C=C(CC1CO1)C(=O)OCCCC.C=CC(=O)O. The molecule has 5 nitrogen and oxygen atoms in total. The third-order valence-electron chi connectivity index (χ3n) is 2.07. The fourth-order valence-electron chi connectivity index (χ4n) is 0.955. The van der Waals surface area contributed by atoms with Crippen LogP contribution in [0.4, 0.5) is 0 Å². The highest BCUT2D eigenvalue weighted by Gasteiger charge is 2.25. The molecule has 0 aliphatic carbocycles. The summed E-state index contributed by atoms with van der Waals surface area (Å²) in [6.45, 7) is 9.93. The molecule has 0 aromatic rings. The summed E-state index contributed by atoms with van der Waals surface area (Å²) in [6.07, 6.45) is 3.61. The number of aliphatic carboxylic acids is 1. The number of carboxylic acids is 1. The molecule has 1 aliphatic heterocycles. The summed E-state index contributed by atoms with van der Waals surface area (Å²) in [5.74, 6) is -1.26. The van der Waals surface area contributed by atoms with Crippen molar-refractivity contribution in [1.29, 1.82) is 0 Å². The van der Waals surface area contributed by atoms with Gasteiger partial charge in [-0.3, -0.25) is 0 Å². The summed E-state index contributed by atoms with van der Waals surface area (Å²) in [6, 6.07) is 0. The van der Waals surface area contributed by atoms with Gasteiger partial charge < -0.3 is 14.6 Å². The van der Waals surface area contributed by atoms with Crippen molar-refractivity contribution < 1.29 is 24.2 Å². The van der Waals surface area contributed by atoms with Crippen LogP contribution in [0.5, 0.6) is 0 Å². The Balaban J connectivity index is 0.000000494. The molecular formula is C13H20O5. The number of ether oxygens (including phenoxy) is 2. The van der Waals surface area contributed by atoms with E-state index in [9.17, 15) is 9.59 Å². The number of esters is 1. The Morgan fingerprint density at radius 3 is 2.50 bits per heavy atom. The average Bonchev–Trinajstić information content (AvgIpc) is 3.13. The first-order valence-corrected chi connectivity index (χ1v) is 5.83. The van der Waals surface area contributed by atoms with Gasteiger partial charge in [0.25, 0.3) is 0 Å². The fraction of sp³-hybridized carbons (Fsp3) is 0.538. The van der Waals surface area contributed by atoms with Gasteiger partial charge in [-0.1, -0.05) is 26.5 Å². The van der Waals surface area contributed by atoms with E-state index in [0.29, 0.717) is 18.6 Å². The predicted octanol–water partition coefficient (Wildman–Crippen LogP) is 1.93. The number of hydrogen-bond acceptors (Lipinski definition) is 4. The summed E-state index contributed by atoms with van der Waals surface area (Å²) >= 11 is 0. The molecular weight excluding hydrogens is 236 g/mol. The van der Waals surface area contributed by atoms with E-state index in [2.05, 4.69) is 20.1 Å². The van der Waals surface area contributed by atoms with Crippen LogP contribution in [0.25, 0.3) is 0 Å². The first-order chi connectivity index (χ1) is 8.51. The van der Waals surface area contributed by atoms with Crippen molar-refractivity contribution in [3.05, 3.63) is 24.8 Å². The van der Waals surface area contributed by atoms with Gasteiger partial charge in [0.2, 0.25) is 0 Å². The van der Waals surface area contributed by atoms with Gasteiger partial charge in [-0.2, -0.15) is 0 Å². The summed E-state index contributed by atoms with van der Waals surface area (Å²) in [5, 5.41) is 7.60. The highest BCUT2D eigenvalue weighted by Crippen LogP contribution is 2.18. The van der Waals surface area contributed by atoms with Gasteiger partial charge >= 0.3 is 11.9 Å². The third-order valence-corrected chi connectivity index (χ3v) is 2.07. The maximum atomic E-state index is 11.2. The second-order valence-electron chi connectivity index (χ2n) is 3.79. The Labute approximate surface area is 107 Å². The van der Waals surface area contributed by atoms with E-state index >= 15 is 0 Å². The maximum absolute atomic E-state index is 11.2. The van der Waals surface area contributed by atoms with Crippen molar-refractivity contribution in [2.24, 2.45) is 0 Å². The van der Waals surface area contributed by atoms with Crippen LogP contribution in [0.2, 0.25) is 0 Å². The molecule has 1 saturated heterocycles. The Morgan fingerprint density at radius 1 is 1.56 bits per heavy atom. The lowest BCUT2D eigenvalue weighted by Gasteiger charge is -2.04. The Kier molecular flexibility index (Phi) is 8.57. The van der Waals surface area contributed by atoms with E-state index in [1.54, 1.807) is 0 Å². The minimum Gasteiger partial charge on any atom is -0.478 e. The molecule has 5 heteroatoms. The van der Waals surface area contributed by atoms with Crippen molar-refractivity contribution in [2.75, 3.05) is 13.2 Å². The van der Waals surface area contributed by atoms with Crippen LogP contribution in [0, 0.1) is 0 Å². The van der Waals surface area contributed by atoms with Gasteiger partial charge in [0.1, 0.15) is 0 Å². The zero-order chi connectivity index (χ0) is 14.0. The van der Waals surface area contributed by atoms with Crippen molar-refractivity contribution in [2.45, 2.75) is 32.3 Å². The van der Waals surface area contributed by atoms with E-state index in [-0.39, 0.29) is 12.1 Å². The molecule has 1 rings (SSSR count). The van der Waals surface area contributed by atoms with Crippen molar-refractivity contribution in [3.8, 4) is 0 Å². The Hall–Kier alpha value is -1.62. The molecule has 102 valence electrons. The summed E-state index contributed by atoms with van der Waals surface area (Å²) in [5.41, 5.74) is 0.526. The summed E-state index contributed by atoms with van der Waals surface area (Å²) < 4.78 is 9.97. The molecule has 1 aliphatic rings. The normalized spacial score (nSPS) is 15.9. The van der Waals surface area contributed by atoms with Crippen LogP contribution in [-0.2, 0) is 19.1 Å². The van der Waals surface area contributed by atoms with Crippen LogP contribution in [0.15, 0.2) is 24.8 Å². The molecule has 0 radical (unpaired) electrons. The number of carbonyl (C=O) groups is 2. The molecule has 0 aromatic carbocycles. The van der Waals surface area contributed by atoms with Gasteiger partial charge in [-0.05, 0) is 6.42 Å². The van der Waals surface area contributed by atoms with Crippen molar-refractivity contribution in [1.82, 2.24) is 0 Å². The molecule has 1 atom stereocenters. The molecule has 0 saturated carbocycles. The van der Waals surface area contributed by atoms with E-state index in [4.69, 9.17) is 14.6 Å². The molecule has 1 unspecified atom stereocenters. The number of hydrogen-bond donors (Lipinski definition) is 1. The van der Waals surface area contributed by atoms with Gasteiger partial charge in [0.05, 0.1) is 19.3 Å². The van der Waals surface area contributed by atoms with Crippen LogP contribution in [0.3, 0.4) is 0 Å². The number of rotatable bonds is 7. The fourth-order valence-corrected chi connectivity index (χ4v) is 0.955. The summed E-state index contributed by atoms with van der Waals surface area (Å²) in [7, 11) is 0. The number of carbonyl (C=O) groups excluding carboxylic acids is 1. The molecule has 0 bridgehead atoms. The number of epoxide rings is 1. The third kappa shape index (κ3) is 9.59. The largest absolute Gasteiger partial charge is 0.478 e. The van der Waals surface area contributed by atoms with Crippen LogP contribution >= 0.6 is 0 Å². The smallest absolute Gasteiger partial charge is 0.333 e.